The number of hydrogen-bond donors (Lipinski definition) is 2. The van der Waals surface area contributed by atoms with Crippen molar-refractivity contribution in [1.29, 1.82) is 0 Å². The number of rotatable bonds is 8. The van der Waals surface area contributed by atoms with Gasteiger partial charge in [-0.2, -0.15) is 5.10 Å². The third kappa shape index (κ3) is 7.03. The molecule has 0 saturated carbocycles. The standard InChI is InChI=1S/C17H32N6/c1-3-18-17(19-9-13-22-10-5-4-6-11-22)20-14-16(2)15-23-12-7-8-21-23/h7-8,12,16H,3-6,9-11,13-15H2,1-2H3,(H2,18,19,20). The zero-order valence-corrected chi connectivity index (χ0v) is 14.7. The minimum absolute atomic E-state index is 0.465. The van der Waals surface area contributed by atoms with Gasteiger partial charge in [0.15, 0.2) is 5.96 Å². The van der Waals surface area contributed by atoms with Crippen molar-refractivity contribution < 1.29 is 0 Å². The molecule has 1 atom stereocenters. The second-order valence-corrected chi connectivity index (χ2v) is 6.38. The van der Waals surface area contributed by atoms with E-state index in [1.807, 2.05) is 23.1 Å². The van der Waals surface area contributed by atoms with Gasteiger partial charge in [-0.25, -0.2) is 0 Å². The Labute approximate surface area is 140 Å². The fourth-order valence-electron chi connectivity index (χ4n) is 2.89. The van der Waals surface area contributed by atoms with Crippen LogP contribution in [0.15, 0.2) is 23.5 Å². The lowest BCUT2D eigenvalue weighted by Crippen LogP contribution is -2.42. The third-order valence-electron chi connectivity index (χ3n) is 4.13. The van der Waals surface area contributed by atoms with Gasteiger partial charge in [-0.05, 0) is 44.8 Å². The number of aliphatic imine (C=N–C) groups is 1. The van der Waals surface area contributed by atoms with Gasteiger partial charge in [0, 0.05) is 45.1 Å². The fraction of sp³-hybridized carbons (Fsp3) is 0.765. The highest BCUT2D eigenvalue weighted by Gasteiger charge is 2.09. The predicted octanol–water partition coefficient (Wildman–Crippen LogP) is 1.56. The summed E-state index contributed by atoms with van der Waals surface area (Å²) in [6.07, 6.45) is 7.91. The maximum Gasteiger partial charge on any atom is 0.191 e. The monoisotopic (exact) mass is 320 g/mol. The number of nitrogens with zero attached hydrogens (tertiary/aromatic N) is 4. The van der Waals surface area contributed by atoms with Crippen molar-refractivity contribution in [2.24, 2.45) is 10.9 Å². The van der Waals surface area contributed by atoms with E-state index in [-0.39, 0.29) is 0 Å². The van der Waals surface area contributed by atoms with Gasteiger partial charge in [0.05, 0.1) is 0 Å². The van der Waals surface area contributed by atoms with Crippen LogP contribution in [0.2, 0.25) is 0 Å². The summed E-state index contributed by atoms with van der Waals surface area (Å²) in [5.41, 5.74) is 0. The summed E-state index contributed by atoms with van der Waals surface area (Å²) in [4.78, 5) is 7.25. The van der Waals surface area contributed by atoms with Gasteiger partial charge in [0.1, 0.15) is 0 Å². The molecule has 130 valence electrons. The van der Waals surface area contributed by atoms with E-state index in [0.717, 1.165) is 38.7 Å². The van der Waals surface area contributed by atoms with Gasteiger partial charge in [-0.1, -0.05) is 13.3 Å². The SMILES string of the molecule is CCNC(=NCC(C)Cn1cccn1)NCCN1CCCCC1. The fourth-order valence-corrected chi connectivity index (χ4v) is 2.89. The van der Waals surface area contributed by atoms with Crippen LogP contribution in [-0.4, -0.2) is 59.9 Å². The van der Waals surface area contributed by atoms with Crippen LogP contribution in [0.1, 0.15) is 33.1 Å². The zero-order chi connectivity index (χ0) is 16.3. The van der Waals surface area contributed by atoms with E-state index in [2.05, 4.69) is 34.5 Å². The van der Waals surface area contributed by atoms with E-state index in [4.69, 9.17) is 4.99 Å². The Hall–Kier alpha value is -1.56. The molecule has 2 rings (SSSR count). The summed E-state index contributed by atoms with van der Waals surface area (Å²) < 4.78 is 1.97. The van der Waals surface area contributed by atoms with Crippen LogP contribution in [0.3, 0.4) is 0 Å². The maximum atomic E-state index is 4.71. The summed E-state index contributed by atoms with van der Waals surface area (Å²) in [7, 11) is 0. The van der Waals surface area contributed by atoms with Gasteiger partial charge in [-0.3, -0.25) is 9.67 Å². The van der Waals surface area contributed by atoms with Crippen LogP contribution in [0.5, 0.6) is 0 Å². The maximum absolute atomic E-state index is 4.71. The van der Waals surface area contributed by atoms with Crippen molar-refractivity contribution in [1.82, 2.24) is 25.3 Å². The van der Waals surface area contributed by atoms with E-state index in [9.17, 15) is 0 Å². The molecular weight excluding hydrogens is 288 g/mol. The molecule has 1 unspecified atom stereocenters. The lowest BCUT2D eigenvalue weighted by atomic mass is 10.1. The first kappa shape index (κ1) is 17.8. The summed E-state index contributed by atoms with van der Waals surface area (Å²) in [5, 5.41) is 11.0. The van der Waals surface area contributed by atoms with Crippen LogP contribution in [0.4, 0.5) is 0 Å². The van der Waals surface area contributed by atoms with Gasteiger partial charge >= 0.3 is 0 Å². The molecule has 0 radical (unpaired) electrons. The molecule has 1 saturated heterocycles. The van der Waals surface area contributed by atoms with Crippen molar-refractivity contribution >= 4 is 5.96 Å². The molecule has 1 aliphatic rings. The van der Waals surface area contributed by atoms with Gasteiger partial charge in [0.25, 0.3) is 0 Å². The lowest BCUT2D eigenvalue weighted by Gasteiger charge is -2.26. The Morgan fingerprint density at radius 3 is 2.78 bits per heavy atom. The summed E-state index contributed by atoms with van der Waals surface area (Å²) in [6, 6.07) is 1.96. The minimum Gasteiger partial charge on any atom is -0.357 e. The van der Waals surface area contributed by atoms with Gasteiger partial charge < -0.3 is 15.5 Å². The second-order valence-electron chi connectivity index (χ2n) is 6.38. The molecule has 6 heteroatoms. The molecular formula is C17H32N6. The quantitative estimate of drug-likeness (QED) is 0.564. The van der Waals surface area contributed by atoms with Crippen LogP contribution in [-0.2, 0) is 6.54 Å². The molecule has 1 aromatic rings. The molecule has 2 N–H and O–H groups in total. The molecule has 0 bridgehead atoms. The van der Waals surface area contributed by atoms with E-state index in [0.29, 0.717) is 5.92 Å². The van der Waals surface area contributed by atoms with Crippen molar-refractivity contribution in [2.75, 3.05) is 39.3 Å². The van der Waals surface area contributed by atoms with Gasteiger partial charge in [0.2, 0.25) is 0 Å². The first-order valence-electron chi connectivity index (χ1n) is 9.00. The lowest BCUT2D eigenvalue weighted by molar-refractivity contribution is 0.232. The smallest absolute Gasteiger partial charge is 0.191 e. The van der Waals surface area contributed by atoms with E-state index < -0.39 is 0 Å². The Kier molecular flexibility index (Phi) is 7.93. The van der Waals surface area contributed by atoms with Crippen LogP contribution < -0.4 is 10.6 Å². The summed E-state index contributed by atoms with van der Waals surface area (Å²) in [6.45, 7) is 11.5. The Bertz CT molecular complexity index is 436. The molecule has 1 aromatic heterocycles. The first-order chi connectivity index (χ1) is 11.3. The molecule has 1 fully saturated rings. The minimum atomic E-state index is 0.465. The zero-order valence-electron chi connectivity index (χ0n) is 14.7. The number of nitrogens with one attached hydrogen (secondary N) is 2. The number of aromatic nitrogens is 2. The van der Waals surface area contributed by atoms with Gasteiger partial charge in [-0.15, -0.1) is 0 Å². The average Bonchev–Trinajstić information content (AvgIpc) is 3.06. The van der Waals surface area contributed by atoms with Crippen LogP contribution in [0.25, 0.3) is 0 Å². The molecule has 23 heavy (non-hydrogen) atoms. The Balaban J connectivity index is 1.70. The van der Waals surface area contributed by atoms with Crippen molar-refractivity contribution in [3.63, 3.8) is 0 Å². The largest absolute Gasteiger partial charge is 0.357 e. The highest BCUT2D eigenvalue weighted by molar-refractivity contribution is 5.79. The highest BCUT2D eigenvalue weighted by Crippen LogP contribution is 2.07. The Morgan fingerprint density at radius 1 is 1.26 bits per heavy atom. The van der Waals surface area contributed by atoms with Crippen LogP contribution >= 0.6 is 0 Å². The predicted molar refractivity (Wildman–Crippen MR) is 95.7 cm³/mol. The molecule has 6 nitrogen and oxygen atoms in total. The molecule has 0 aliphatic carbocycles. The van der Waals surface area contributed by atoms with Crippen LogP contribution in [0, 0.1) is 5.92 Å². The van der Waals surface area contributed by atoms with E-state index >= 15 is 0 Å². The van der Waals surface area contributed by atoms with E-state index in [1.165, 1.54) is 32.4 Å². The third-order valence-corrected chi connectivity index (χ3v) is 4.13. The average molecular weight is 320 g/mol. The first-order valence-corrected chi connectivity index (χ1v) is 9.00. The van der Waals surface area contributed by atoms with Crippen molar-refractivity contribution in [3.8, 4) is 0 Å². The molecule has 0 aromatic carbocycles. The molecule has 1 aliphatic heterocycles. The molecule has 2 heterocycles. The van der Waals surface area contributed by atoms with Crippen molar-refractivity contribution in [2.45, 2.75) is 39.7 Å². The highest BCUT2D eigenvalue weighted by atomic mass is 15.3. The number of hydrogen-bond acceptors (Lipinski definition) is 3. The normalized spacial score (nSPS) is 17.9. The Morgan fingerprint density at radius 2 is 2.09 bits per heavy atom. The molecule has 0 spiro atoms. The number of guanidine groups is 1. The second kappa shape index (κ2) is 10.3. The number of piperidine rings is 1. The number of likely N-dealkylation sites (tertiary alicyclic amines) is 1. The summed E-state index contributed by atoms with van der Waals surface area (Å²) >= 11 is 0. The van der Waals surface area contributed by atoms with E-state index in [1.54, 1.807) is 0 Å². The topological polar surface area (TPSA) is 57.5 Å². The van der Waals surface area contributed by atoms with Crippen molar-refractivity contribution in [3.05, 3.63) is 18.5 Å². The summed E-state index contributed by atoms with van der Waals surface area (Å²) in [5.74, 6) is 1.39. The molecule has 0 amide bonds.